The van der Waals surface area contributed by atoms with Gasteiger partial charge in [-0.2, -0.15) is 0 Å². The molecule has 0 saturated carbocycles. The zero-order valence-electron chi connectivity index (χ0n) is 11.7. The number of carbonyl (C=O) groups is 1. The minimum Gasteiger partial charge on any atom is -0.464 e. The number of carbonyl (C=O) groups excluding carboxylic acids is 1. The number of hydrogen-bond acceptors (Lipinski definition) is 4. The van der Waals surface area contributed by atoms with Crippen molar-refractivity contribution in [2.75, 3.05) is 12.8 Å². The Morgan fingerprint density at radius 3 is 2.67 bits per heavy atom. The average molecular weight is 253 g/mol. The van der Waals surface area contributed by atoms with Crippen LogP contribution in [0.5, 0.6) is 0 Å². The molecule has 1 rings (SSSR count). The Bertz CT molecular complexity index is 411. The van der Waals surface area contributed by atoms with E-state index in [1.807, 2.05) is 11.5 Å². The average Bonchev–Trinajstić information content (AvgIpc) is 2.60. The van der Waals surface area contributed by atoms with Crippen molar-refractivity contribution in [3.63, 3.8) is 0 Å². The minimum absolute atomic E-state index is 0.221. The highest BCUT2D eigenvalue weighted by atomic mass is 16.5. The first-order chi connectivity index (χ1) is 8.47. The maximum Gasteiger partial charge on any atom is 0.360 e. The molecule has 0 aliphatic heterocycles. The molecule has 1 aromatic rings. The Morgan fingerprint density at radius 1 is 1.44 bits per heavy atom. The molecule has 1 aromatic heterocycles. The van der Waals surface area contributed by atoms with Crippen LogP contribution in [0.4, 0.5) is 5.82 Å². The summed E-state index contributed by atoms with van der Waals surface area (Å²) in [5.41, 5.74) is 6.14. The van der Waals surface area contributed by atoms with Crippen molar-refractivity contribution in [2.24, 2.45) is 5.92 Å². The molecule has 0 radical (unpaired) electrons. The van der Waals surface area contributed by atoms with Gasteiger partial charge in [-0.25, -0.2) is 9.78 Å². The summed E-state index contributed by atoms with van der Waals surface area (Å²) in [7, 11) is 1.33. The van der Waals surface area contributed by atoms with Gasteiger partial charge < -0.3 is 15.0 Å². The lowest BCUT2D eigenvalue weighted by Gasteiger charge is -2.08. The van der Waals surface area contributed by atoms with Crippen LogP contribution >= 0.6 is 0 Å². The number of imidazole rings is 1. The Kier molecular flexibility index (Phi) is 5.19. The predicted molar refractivity (Wildman–Crippen MR) is 71.4 cm³/mol. The van der Waals surface area contributed by atoms with Crippen molar-refractivity contribution in [1.29, 1.82) is 0 Å². The SMILES string of the molecule is COC(=O)c1nc(C)n(CCCCC(C)C)c1N. The number of aryl methyl sites for hydroxylation is 1. The summed E-state index contributed by atoms with van der Waals surface area (Å²) in [6.07, 6.45) is 3.40. The van der Waals surface area contributed by atoms with Crippen LogP contribution in [0.2, 0.25) is 0 Å². The summed E-state index contributed by atoms with van der Waals surface area (Å²) >= 11 is 0. The summed E-state index contributed by atoms with van der Waals surface area (Å²) in [4.78, 5) is 15.6. The van der Waals surface area contributed by atoms with E-state index < -0.39 is 5.97 Å². The van der Waals surface area contributed by atoms with Gasteiger partial charge in [-0.1, -0.05) is 26.7 Å². The monoisotopic (exact) mass is 253 g/mol. The van der Waals surface area contributed by atoms with E-state index in [1.54, 1.807) is 0 Å². The van der Waals surface area contributed by atoms with Crippen LogP contribution in [-0.2, 0) is 11.3 Å². The van der Waals surface area contributed by atoms with Gasteiger partial charge in [0.2, 0.25) is 0 Å². The van der Waals surface area contributed by atoms with E-state index >= 15 is 0 Å². The highest BCUT2D eigenvalue weighted by molar-refractivity contribution is 5.92. The van der Waals surface area contributed by atoms with Gasteiger partial charge in [0.1, 0.15) is 11.6 Å². The lowest BCUT2D eigenvalue weighted by Crippen LogP contribution is -2.09. The first kappa shape index (κ1) is 14.5. The van der Waals surface area contributed by atoms with Crippen molar-refractivity contribution in [2.45, 2.75) is 46.6 Å². The maximum atomic E-state index is 11.4. The van der Waals surface area contributed by atoms with Crippen LogP contribution in [0.1, 0.15) is 49.4 Å². The number of esters is 1. The Morgan fingerprint density at radius 2 is 2.11 bits per heavy atom. The first-order valence-electron chi connectivity index (χ1n) is 6.38. The number of nitrogen functional groups attached to an aromatic ring is 1. The highest BCUT2D eigenvalue weighted by Gasteiger charge is 2.18. The van der Waals surface area contributed by atoms with Crippen molar-refractivity contribution in [3.8, 4) is 0 Å². The minimum atomic E-state index is -0.475. The second kappa shape index (κ2) is 6.42. The van der Waals surface area contributed by atoms with Crippen molar-refractivity contribution in [1.82, 2.24) is 9.55 Å². The van der Waals surface area contributed by atoms with Gasteiger partial charge in [0, 0.05) is 6.54 Å². The number of nitrogens with two attached hydrogens (primary N) is 1. The molecular weight excluding hydrogens is 230 g/mol. The third-order valence-corrected chi connectivity index (χ3v) is 2.99. The van der Waals surface area contributed by atoms with Crippen LogP contribution < -0.4 is 5.73 Å². The molecule has 0 aliphatic rings. The number of rotatable bonds is 6. The van der Waals surface area contributed by atoms with E-state index in [1.165, 1.54) is 13.5 Å². The number of anilines is 1. The fourth-order valence-electron chi connectivity index (χ4n) is 1.93. The van der Waals surface area contributed by atoms with E-state index in [9.17, 15) is 4.79 Å². The number of hydrogen-bond donors (Lipinski definition) is 1. The molecule has 0 fully saturated rings. The highest BCUT2D eigenvalue weighted by Crippen LogP contribution is 2.17. The number of unbranched alkanes of at least 4 members (excludes halogenated alkanes) is 1. The lowest BCUT2D eigenvalue weighted by atomic mass is 10.1. The largest absolute Gasteiger partial charge is 0.464 e. The Hall–Kier alpha value is -1.52. The summed E-state index contributed by atoms with van der Waals surface area (Å²) < 4.78 is 6.53. The molecule has 2 N–H and O–H groups in total. The van der Waals surface area contributed by atoms with E-state index in [4.69, 9.17) is 5.73 Å². The second-order valence-electron chi connectivity index (χ2n) is 4.93. The fraction of sp³-hybridized carbons (Fsp3) is 0.692. The van der Waals surface area contributed by atoms with Crippen LogP contribution in [0.15, 0.2) is 0 Å². The van der Waals surface area contributed by atoms with Gasteiger partial charge in [0.05, 0.1) is 7.11 Å². The third kappa shape index (κ3) is 3.48. The molecule has 5 heteroatoms. The molecule has 0 bridgehead atoms. The zero-order valence-corrected chi connectivity index (χ0v) is 11.7. The molecule has 18 heavy (non-hydrogen) atoms. The van der Waals surface area contributed by atoms with E-state index in [0.717, 1.165) is 31.1 Å². The smallest absolute Gasteiger partial charge is 0.360 e. The molecule has 0 atom stereocenters. The molecule has 0 unspecified atom stereocenters. The van der Waals surface area contributed by atoms with Gasteiger partial charge in [-0.3, -0.25) is 0 Å². The van der Waals surface area contributed by atoms with Gasteiger partial charge in [0.25, 0.3) is 0 Å². The molecular formula is C13H23N3O2. The normalized spacial score (nSPS) is 10.9. The number of methoxy groups -OCH3 is 1. The number of ether oxygens (including phenoxy) is 1. The standard InChI is InChI=1S/C13H23N3O2/c1-9(2)7-5-6-8-16-10(3)15-11(12(16)14)13(17)18-4/h9H,5-8,14H2,1-4H3. The number of aromatic nitrogens is 2. The summed E-state index contributed by atoms with van der Waals surface area (Å²) in [5.74, 6) is 1.41. The molecule has 5 nitrogen and oxygen atoms in total. The van der Waals surface area contributed by atoms with Crippen LogP contribution in [0.25, 0.3) is 0 Å². The quantitative estimate of drug-likeness (QED) is 0.624. The van der Waals surface area contributed by atoms with Crippen molar-refractivity contribution < 1.29 is 9.53 Å². The third-order valence-electron chi connectivity index (χ3n) is 2.99. The lowest BCUT2D eigenvalue weighted by molar-refractivity contribution is 0.0595. The van der Waals surface area contributed by atoms with E-state index in [-0.39, 0.29) is 5.69 Å². The van der Waals surface area contributed by atoms with E-state index in [0.29, 0.717) is 5.82 Å². The first-order valence-corrected chi connectivity index (χ1v) is 6.38. The molecule has 0 amide bonds. The number of nitrogens with zero attached hydrogens (tertiary/aromatic N) is 2. The molecule has 0 saturated heterocycles. The maximum absolute atomic E-state index is 11.4. The van der Waals surface area contributed by atoms with Gasteiger partial charge in [-0.15, -0.1) is 0 Å². The zero-order chi connectivity index (χ0) is 13.7. The Balaban J connectivity index is 2.66. The summed E-state index contributed by atoms with van der Waals surface area (Å²) in [6.45, 7) is 7.08. The van der Waals surface area contributed by atoms with Crippen LogP contribution in [0.3, 0.4) is 0 Å². The van der Waals surface area contributed by atoms with Gasteiger partial charge >= 0.3 is 5.97 Å². The fourth-order valence-corrected chi connectivity index (χ4v) is 1.93. The van der Waals surface area contributed by atoms with Gasteiger partial charge in [-0.05, 0) is 19.3 Å². The summed E-state index contributed by atoms with van der Waals surface area (Å²) in [6, 6.07) is 0. The molecule has 0 aromatic carbocycles. The second-order valence-corrected chi connectivity index (χ2v) is 4.93. The van der Waals surface area contributed by atoms with Crippen molar-refractivity contribution >= 4 is 11.8 Å². The van der Waals surface area contributed by atoms with Crippen LogP contribution in [-0.4, -0.2) is 22.6 Å². The van der Waals surface area contributed by atoms with Crippen molar-refractivity contribution in [3.05, 3.63) is 11.5 Å². The Labute approximate surface area is 108 Å². The molecule has 102 valence electrons. The predicted octanol–water partition coefficient (Wildman–Crippen LogP) is 2.39. The molecule has 1 heterocycles. The van der Waals surface area contributed by atoms with Gasteiger partial charge in [0.15, 0.2) is 5.69 Å². The summed E-state index contributed by atoms with van der Waals surface area (Å²) in [5, 5.41) is 0. The topological polar surface area (TPSA) is 70.1 Å². The van der Waals surface area contributed by atoms with E-state index in [2.05, 4.69) is 23.6 Å². The molecule has 0 spiro atoms. The van der Waals surface area contributed by atoms with Crippen LogP contribution in [0, 0.1) is 12.8 Å². The molecule has 0 aliphatic carbocycles.